The average molecular weight is 282 g/mol. The van der Waals surface area contributed by atoms with Crippen molar-refractivity contribution in [1.29, 1.82) is 0 Å². The highest BCUT2D eigenvalue weighted by molar-refractivity contribution is 7.92. The molecule has 2 aromatic heterocycles. The molecule has 0 amide bonds. The zero-order chi connectivity index (χ0) is 13.9. The van der Waals surface area contributed by atoms with Crippen molar-refractivity contribution in [3.8, 4) is 0 Å². The fourth-order valence-electron chi connectivity index (χ4n) is 1.58. The van der Waals surface area contributed by atoms with Crippen molar-refractivity contribution in [2.45, 2.75) is 18.5 Å². The summed E-state index contributed by atoms with van der Waals surface area (Å²) in [6, 6.07) is 3.11. The molecule has 19 heavy (non-hydrogen) atoms. The monoisotopic (exact) mass is 282 g/mol. The van der Waals surface area contributed by atoms with Crippen molar-refractivity contribution in [3.63, 3.8) is 0 Å². The SMILES string of the molecule is CNCc1c(S(=O)(=O)Nc2cccnn2)n[nH]c1C. The number of nitrogens with one attached hydrogen (secondary N) is 3. The lowest BCUT2D eigenvalue weighted by Crippen LogP contribution is -2.18. The third-order valence-corrected chi connectivity index (χ3v) is 3.78. The van der Waals surface area contributed by atoms with Gasteiger partial charge >= 0.3 is 0 Å². The summed E-state index contributed by atoms with van der Waals surface area (Å²) in [5, 5.41) is 16.7. The number of aromatic nitrogens is 4. The molecule has 8 nitrogen and oxygen atoms in total. The van der Waals surface area contributed by atoms with Gasteiger partial charge in [-0.05, 0) is 26.1 Å². The molecule has 9 heteroatoms. The van der Waals surface area contributed by atoms with E-state index >= 15 is 0 Å². The molecule has 0 aliphatic heterocycles. The molecule has 0 radical (unpaired) electrons. The summed E-state index contributed by atoms with van der Waals surface area (Å²) in [5.74, 6) is 0.151. The van der Waals surface area contributed by atoms with Gasteiger partial charge in [0.25, 0.3) is 10.0 Å². The highest BCUT2D eigenvalue weighted by Crippen LogP contribution is 2.18. The van der Waals surface area contributed by atoms with Gasteiger partial charge in [0, 0.05) is 24.0 Å². The van der Waals surface area contributed by atoms with Gasteiger partial charge in [0.1, 0.15) is 0 Å². The average Bonchev–Trinajstić information content (AvgIpc) is 2.73. The number of anilines is 1. The van der Waals surface area contributed by atoms with E-state index < -0.39 is 10.0 Å². The van der Waals surface area contributed by atoms with E-state index in [2.05, 4.69) is 30.4 Å². The Labute approximate surface area is 110 Å². The van der Waals surface area contributed by atoms with Crippen molar-refractivity contribution in [2.24, 2.45) is 0 Å². The van der Waals surface area contributed by atoms with Gasteiger partial charge in [-0.3, -0.25) is 9.82 Å². The maximum Gasteiger partial charge on any atom is 0.282 e. The van der Waals surface area contributed by atoms with Gasteiger partial charge in [0.15, 0.2) is 5.82 Å². The van der Waals surface area contributed by atoms with Crippen molar-refractivity contribution >= 4 is 15.8 Å². The summed E-state index contributed by atoms with van der Waals surface area (Å²) in [4.78, 5) is 0. The molecule has 102 valence electrons. The van der Waals surface area contributed by atoms with Gasteiger partial charge in [-0.1, -0.05) is 0 Å². The minimum absolute atomic E-state index is 0.0370. The van der Waals surface area contributed by atoms with Crippen LogP contribution in [-0.4, -0.2) is 35.9 Å². The second-order valence-electron chi connectivity index (χ2n) is 3.88. The van der Waals surface area contributed by atoms with E-state index in [1.165, 1.54) is 12.3 Å². The van der Waals surface area contributed by atoms with E-state index in [0.29, 0.717) is 17.8 Å². The fourth-order valence-corrected chi connectivity index (χ4v) is 2.78. The Morgan fingerprint density at radius 3 is 2.84 bits per heavy atom. The molecule has 2 heterocycles. The van der Waals surface area contributed by atoms with Crippen LogP contribution in [0.15, 0.2) is 23.4 Å². The number of H-pyrrole nitrogens is 1. The maximum absolute atomic E-state index is 12.2. The molecule has 0 aliphatic carbocycles. The largest absolute Gasteiger partial charge is 0.316 e. The molecule has 0 unspecified atom stereocenters. The minimum atomic E-state index is -3.78. The molecule has 0 atom stereocenters. The van der Waals surface area contributed by atoms with Crippen LogP contribution in [0.5, 0.6) is 0 Å². The number of sulfonamides is 1. The van der Waals surface area contributed by atoms with E-state index in [9.17, 15) is 8.42 Å². The summed E-state index contributed by atoms with van der Waals surface area (Å²) in [5.41, 5.74) is 1.30. The summed E-state index contributed by atoms with van der Waals surface area (Å²) in [6.45, 7) is 2.17. The number of nitrogens with zero attached hydrogens (tertiary/aromatic N) is 3. The maximum atomic E-state index is 12.2. The molecule has 0 saturated heterocycles. The highest BCUT2D eigenvalue weighted by Gasteiger charge is 2.23. The van der Waals surface area contributed by atoms with Gasteiger partial charge in [-0.25, -0.2) is 0 Å². The van der Waals surface area contributed by atoms with Crippen LogP contribution in [0.25, 0.3) is 0 Å². The normalized spacial score (nSPS) is 11.5. The predicted molar refractivity (Wildman–Crippen MR) is 68.9 cm³/mol. The van der Waals surface area contributed by atoms with E-state index in [1.54, 1.807) is 20.0 Å². The van der Waals surface area contributed by atoms with Crippen molar-refractivity contribution in [2.75, 3.05) is 11.8 Å². The lowest BCUT2D eigenvalue weighted by molar-refractivity contribution is 0.594. The van der Waals surface area contributed by atoms with Crippen molar-refractivity contribution in [3.05, 3.63) is 29.6 Å². The molecule has 0 saturated carbocycles. The third-order valence-electron chi connectivity index (χ3n) is 2.46. The molecule has 2 rings (SSSR count). The second-order valence-corrected chi connectivity index (χ2v) is 5.47. The second kappa shape index (κ2) is 5.33. The van der Waals surface area contributed by atoms with Gasteiger partial charge in [-0.2, -0.15) is 18.6 Å². The number of hydrogen-bond acceptors (Lipinski definition) is 6. The number of aromatic amines is 1. The van der Waals surface area contributed by atoms with Crippen molar-refractivity contribution < 1.29 is 8.42 Å². The smallest absolute Gasteiger partial charge is 0.282 e. The summed E-state index contributed by atoms with van der Waals surface area (Å²) in [6.07, 6.45) is 1.46. The first-order valence-electron chi connectivity index (χ1n) is 5.53. The Morgan fingerprint density at radius 2 is 2.21 bits per heavy atom. The van der Waals surface area contributed by atoms with Crippen LogP contribution < -0.4 is 10.0 Å². The first-order valence-corrected chi connectivity index (χ1v) is 7.02. The third kappa shape index (κ3) is 2.88. The zero-order valence-electron chi connectivity index (χ0n) is 10.5. The number of rotatable bonds is 5. The van der Waals surface area contributed by atoms with E-state index in [0.717, 1.165) is 0 Å². The van der Waals surface area contributed by atoms with Crippen LogP contribution in [-0.2, 0) is 16.6 Å². The van der Waals surface area contributed by atoms with Crippen molar-refractivity contribution in [1.82, 2.24) is 25.7 Å². The summed E-state index contributed by atoms with van der Waals surface area (Å²) in [7, 11) is -2.05. The Balaban J connectivity index is 2.35. The molecule has 0 aliphatic rings. The molecular weight excluding hydrogens is 268 g/mol. The zero-order valence-corrected chi connectivity index (χ0v) is 11.3. The quantitative estimate of drug-likeness (QED) is 0.713. The van der Waals surface area contributed by atoms with Gasteiger partial charge < -0.3 is 5.32 Å². The first kappa shape index (κ1) is 13.4. The Hall–Kier alpha value is -2.00. The van der Waals surface area contributed by atoms with Crippen LogP contribution >= 0.6 is 0 Å². The summed E-state index contributed by atoms with van der Waals surface area (Å²) < 4.78 is 26.8. The number of aryl methyl sites for hydroxylation is 1. The molecule has 2 aromatic rings. The number of hydrogen-bond donors (Lipinski definition) is 3. The summed E-state index contributed by atoms with van der Waals surface area (Å²) >= 11 is 0. The Morgan fingerprint density at radius 1 is 1.42 bits per heavy atom. The molecular formula is C10H14N6O2S. The van der Waals surface area contributed by atoms with Crippen LogP contribution in [0.1, 0.15) is 11.3 Å². The lowest BCUT2D eigenvalue weighted by atomic mass is 10.3. The molecule has 0 bridgehead atoms. The topological polar surface area (TPSA) is 113 Å². The van der Waals surface area contributed by atoms with Gasteiger partial charge in [0.2, 0.25) is 5.03 Å². The molecule has 0 fully saturated rings. The van der Waals surface area contributed by atoms with E-state index in [1.807, 2.05) is 0 Å². The minimum Gasteiger partial charge on any atom is -0.316 e. The van der Waals surface area contributed by atoms with Crippen LogP contribution in [0.3, 0.4) is 0 Å². The fraction of sp³-hybridized carbons (Fsp3) is 0.300. The van der Waals surface area contributed by atoms with Gasteiger partial charge in [-0.15, -0.1) is 5.10 Å². The standard InChI is InChI=1S/C10H14N6O2S/c1-7-8(6-11-2)10(15-13-7)19(17,18)16-9-4-3-5-12-14-9/h3-5,11H,6H2,1-2H3,(H,13,15)(H,14,16). The highest BCUT2D eigenvalue weighted by atomic mass is 32.2. The molecule has 0 spiro atoms. The van der Waals surface area contributed by atoms with Crippen LogP contribution in [0.4, 0.5) is 5.82 Å². The lowest BCUT2D eigenvalue weighted by Gasteiger charge is -2.06. The van der Waals surface area contributed by atoms with Crippen LogP contribution in [0, 0.1) is 6.92 Å². The molecule has 3 N–H and O–H groups in total. The molecule has 0 aromatic carbocycles. The Bertz CT molecular complexity index is 652. The van der Waals surface area contributed by atoms with E-state index in [-0.39, 0.29) is 10.8 Å². The van der Waals surface area contributed by atoms with Crippen LogP contribution in [0.2, 0.25) is 0 Å². The predicted octanol–water partition coefficient (Wildman–Crippen LogP) is 0.0283. The Kier molecular flexibility index (Phi) is 3.76. The van der Waals surface area contributed by atoms with Gasteiger partial charge in [0.05, 0.1) is 0 Å². The first-order chi connectivity index (χ1) is 9.04. The van der Waals surface area contributed by atoms with E-state index in [4.69, 9.17) is 0 Å².